The summed E-state index contributed by atoms with van der Waals surface area (Å²) in [7, 11) is -3.68. The first-order chi connectivity index (χ1) is 9.95. The molecule has 0 aliphatic rings. The van der Waals surface area contributed by atoms with Crippen LogP contribution >= 0.6 is 0 Å². The van der Waals surface area contributed by atoms with E-state index in [1.54, 1.807) is 6.92 Å². The maximum atomic E-state index is 12.3. The van der Waals surface area contributed by atoms with Crippen LogP contribution < -0.4 is 4.72 Å². The van der Waals surface area contributed by atoms with Crippen LogP contribution in [-0.4, -0.2) is 30.3 Å². The van der Waals surface area contributed by atoms with Crippen molar-refractivity contribution in [2.45, 2.75) is 31.8 Å². The van der Waals surface area contributed by atoms with Gasteiger partial charge in [0, 0.05) is 6.54 Å². The third-order valence-electron chi connectivity index (χ3n) is 3.33. The van der Waals surface area contributed by atoms with Crippen LogP contribution in [0.25, 0.3) is 0 Å². The Morgan fingerprint density at radius 1 is 1.29 bits per heavy atom. The van der Waals surface area contributed by atoms with Gasteiger partial charge in [-0.05, 0) is 31.4 Å². The molecule has 0 aliphatic heterocycles. The third kappa shape index (κ3) is 3.49. The van der Waals surface area contributed by atoms with Crippen molar-refractivity contribution in [3.05, 3.63) is 46.8 Å². The SMILES string of the molecule is Cc1ccccc1CCNS(=O)(=O)c1c(CO)n[nH]c1C. The number of aryl methyl sites for hydroxylation is 2. The first-order valence-electron chi connectivity index (χ1n) is 6.64. The van der Waals surface area contributed by atoms with Crippen LogP contribution in [0.15, 0.2) is 29.2 Å². The zero-order valence-electron chi connectivity index (χ0n) is 12.0. The summed E-state index contributed by atoms with van der Waals surface area (Å²) in [5, 5.41) is 15.5. The lowest BCUT2D eigenvalue weighted by atomic mass is 10.1. The van der Waals surface area contributed by atoms with Gasteiger partial charge in [0.05, 0.1) is 12.3 Å². The molecular formula is C14H19N3O3S. The number of H-pyrrole nitrogens is 1. The van der Waals surface area contributed by atoms with Gasteiger partial charge in [0.15, 0.2) is 0 Å². The molecule has 6 nitrogen and oxygen atoms in total. The Hall–Kier alpha value is -1.70. The van der Waals surface area contributed by atoms with E-state index >= 15 is 0 Å². The number of aromatic amines is 1. The summed E-state index contributed by atoms with van der Waals surface area (Å²) in [5.74, 6) is 0. The van der Waals surface area contributed by atoms with Gasteiger partial charge in [-0.1, -0.05) is 24.3 Å². The van der Waals surface area contributed by atoms with E-state index in [1.165, 1.54) is 0 Å². The number of aliphatic hydroxyl groups is 1. The quantitative estimate of drug-likeness (QED) is 0.743. The second-order valence-electron chi connectivity index (χ2n) is 4.86. The van der Waals surface area contributed by atoms with E-state index in [9.17, 15) is 8.42 Å². The highest BCUT2D eigenvalue weighted by molar-refractivity contribution is 7.89. The number of sulfonamides is 1. The van der Waals surface area contributed by atoms with Gasteiger partial charge in [-0.15, -0.1) is 0 Å². The molecule has 2 rings (SSSR count). The molecule has 1 aromatic heterocycles. The van der Waals surface area contributed by atoms with E-state index in [0.29, 0.717) is 18.7 Å². The Morgan fingerprint density at radius 2 is 2.00 bits per heavy atom. The predicted octanol–water partition coefficient (Wildman–Crippen LogP) is 1.04. The van der Waals surface area contributed by atoms with Crippen molar-refractivity contribution >= 4 is 10.0 Å². The first-order valence-corrected chi connectivity index (χ1v) is 8.13. The van der Waals surface area contributed by atoms with Crippen molar-refractivity contribution in [2.75, 3.05) is 6.54 Å². The molecule has 3 N–H and O–H groups in total. The second kappa shape index (κ2) is 6.38. The summed E-state index contributed by atoms with van der Waals surface area (Å²) in [6.07, 6.45) is 0.608. The number of benzene rings is 1. The van der Waals surface area contributed by atoms with Gasteiger partial charge in [-0.3, -0.25) is 5.10 Å². The standard InChI is InChI=1S/C14H19N3O3S/c1-10-5-3-4-6-12(10)7-8-15-21(19,20)14-11(2)16-17-13(14)9-18/h3-6,15,18H,7-9H2,1-2H3,(H,16,17). The van der Waals surface area contributed by atoms with Gasteiger partial charge < -0.3 is 5.11 Å². The molecule has 0 radical (unpaired) electrons. The lowest BCUT2D eigenvalue weighted by Gasteiger charge is -2.09. The first kappa shape index (κ1) is 15.7. The summed E-state index contributed by atoms with van der Waals surface area (Å²) in [4.78, 5) is 0.0368. The van der Waals surface area contributed by atoms with E-state index in [-0.39, 0.29) is 10.6 Å². The topological polar surface area (TPSA) is 95.1 Å². The van der Waals surface area contributed by atoms with Crippen molar-refractivity contribution < 1.29 is 13.5 Å². The lowest BCUT2D eigenvalue weighted by Crippen LogP contribution is -2.27. The number of rotatable bonds is 6. The van der Waals surface area contributed by atoms with E-state index in [0.717, 1.165) is 11.1 Å². The number of nitrogens with one attached hydrogen (secondary N) is 2. The minimum atomic E-state index is -3.68. The van der Waals surface area contributed by atoms with Crippen LogP contribution in [0, 0.1) is 13.8 Å². The van der Waals surface area contributed by atoms with Crippen LogP contribution in [0.4, 0.5) is 0 Å². The highest BCUT2D eigenvalue weighted by Crippen LogP contribution is 2.17. The van der Waals surface area contributed by atoms with Crippen LogP contribution in [0.2, 0.25) is 0 Å². The predicted molar refractivity (Wildman–Crippen MR) is 79.3 cm³/mol. The van der Waals surface area contributed by atoms with E-state index in [4.69, 9.17) is 5.11 Å². The number of aromatic nitrogens is 2. The number of hydrogen-bond acceptors (Lipinski definition) is 4. The molecule has 114 valence electrons. The van der Waals surface area contributed by atoms with Gasteiger partial charge in [0.25, 0.3) is 0 Å². The number of aliphatic hydroxyl groups excluding tert-OH is 1. The monoisotopic (exact) mass is 309 g/mol. The molecule has 0 unspecified atom stereocenters. The van der Waals surface area contributed by atoms with Crippen LogP contribution in [0.3, 0.4) is 0 Å². The molecule has 0 fully saturated rings. The zero-order chi connectivity index (χ0) is 15.5. The fourth-order valence-electron chi connectivity index (χ4n) is 2.22. The normalized spacial score (nSPS) is 11.8. The number of nitrogens with zero attached hydrogens (tertiary/aromatic N) is 1. The van der Waals surface area contributed by atoms with Gasteiger partial charge in [-0.25, -0.2) is 13.1 Å². The van der Waals surface area contributed by atoms with Crippen molar-refractivity contribution in [3.8, 4) is 0 Å². The molecule has 0 saturated heterocycles. The Balaban J connectivity index is 2.09. The summed E-state index contributed by atoms with van der Waals surface area (Å²) in [6.45, 7) is 3.48. The Bertz CT molecular complexity index is 723. The van der Waals surface area contributed by atoms with Crippen molar-refractivity contribution in [3.63, 3.8) is 0 Å². The van der Waals surface area contributed by atoms with E-state index in [1.807, 2.05) is 31.2 Å². The van der Waals surface area contributed by atoms with Crippen molar-refractivity contribution in [2.24, 2.45) is 0 Å². The second-order valence-corrected chi connectivity index (χ2v) is 6.56. The maximum absolute atomic E-state index is 12.3. The van der Waals surface area contributed by atoms with Gasteiger partial charge in [-0.2, -0.15) is 5.10 Å². The fourth-order valence-corrected chi connectivity index (χ4v) is 3.60. The smallest absolute Gasteiger partial charge is 0.244 e. The van der Waals surface area contributed by atoms with Crippen molar-refractivity contribution in [1.29, 1.82) is 0 Å². The summed E-state index contributed by atoms with van der Waals surface area (Å²) in [5.41, 5.74) is 2.79. The molecule has 2 aromatic rings. The minimum Gasteiger partial charge on any atom is -0.390 e. The zero-order valence-corrected chi connectivity index (χ0v) is 12.9. The minimum absolute atomic E-state index is 0.0368. The summed E-state index contributed by atoms with van der Waals surface area (Å²) < 4.78 is 27.1. The van der Waals surface area contributed by atoms with E-state index < -0.39 is 16.6 Å². The molecule has 0 aliphatic carbocycles. The lowest BCUT2D eigenvalue weighted by molar-refractivity contribution is 0.273. The van der Waals surface area contributed by atoms with Gasteiger partial charge in [0.2, 0.25) is 10.0 Å². The molecule has 1 heterocycles. The molecule has 0 bridgehead atoms. The highest BCUT2D eigenvalue weighted by atomic mass is 32.2. The average molecular weight is 309 g/mol. The fraction of sp³-hybridized carbons (Fsp3) is 0.357. The molecule has 0 atom stereocenters. The summed E-state index contributed by atoms with van der Waals surface area (Å²) in [6, 6.07) is 7.85. The molecular weight excluding hydrogens is 290 g/mol. The molecule has 0 amide bonds. The Kier molecular flexibility index (Phi) is 4.76. The van der Waals surface area contributed by atoms with Crippen LogP contribution in [0.1, 0.15) is 22.5 Å². The molecule has 21 heavy (non-hydrogen) atoms. The van der Waals surface area contributed by atoms with Crippen LogP contribution in [0.5, 0.6) is 0 Å². The molecule has 1 aromatic carbocycles. The molecule has 0 saturated carbocycles. The average Bonchev–Trinajstić information content (AvgIpc) is 2.83. The maximum Gasteiger partial charge on any atom is 0.244 e. The van der Waals surface area contributed by atoms with Crippen molar-refractivity contribution in [1.82, 2.24) is 14.9 Å². The third-order valence-corrected chi connectivity index (χ3v) is 4.99. The number of hydrogen-bond donors (Lipinski definition) is 3. The Labute approximate surface area is 124 Å². The molecule has 0 spiro atoms. The van der Waals surface area contributed by atoms with E-state index in [2.05, 4.69) is 14.9 Å². The summed E-state index contributed by atoms with van der Waals surface area (Å²) >= 11 is 0. The van der Waals surface area contributed by atoms with Gasteiger partial charge >= 0.3 is 0 Å². The van der Waals surface area contributed by atoms with Gasteiger partial charge in [0.1, 0.15) is 10.6 Å². The highest BCUT2D eigenvalue weighted by Gasteiger charge is 2.23. The van der Waals surface area contributed by atoms with Crippen LogP contribution in [-0.2, 0) is 23.1 Å². The molecule has 7 heteroatoms. The Morgan fingerprint density at radius 3 is 2.67 bits per heavy atom. The largest absolute Gasteiger partial charge is 0.390 e.